The van der Waals surface area contributed by atoms with Gasteiger partial charge in [-0.15, -0.1) is 0 Å². The van der Waals surface area contributed by atoms with Gasteiger partial charge < -0.3 is 26.0 Å². The number of nitrogens with one attached hydrogen (secondary N) is 2. The maximum Gasteiger partial charge on any atom is 0.407 e. The molecular weight excluding hydrogens is 294 g/mol. The Morgan fingerprint density at radius 1 is 1.48 bits per heavy atom. The van der Waals surface area contributed by atoms with E-state index in [4.69, 9.17) is 10.5 Å². The Labute approximate surface area is 137 Å². The second-order valence-electron chi connectivity index (χ2n) is 6.87. The van der Waals surface area contributed by atoms with Gasteiger partial charge in [-0.25, -0.2) is 9.78 Å². The fraction of sp³-hybridized carbons (Fsp3) is 0.625. The van der Waals surface area contributed by atoms with Crippen LogP contribution >= 0.6 is 0 Å². The predicted octanol–water partition coefficient (Wildman–Crippen LogP) is 2.12. The lowest BCUT2D eigenvalue weighted by atomic mass is 10.2. The third-order valence-corrected chi connectivity index (χ3v) is 3.65. The van der Waals surface area contributed by atoms with Crippen LogP contribution in [0.25, 0.3) is 0 Å². The van der Waals surface area contributed by atoms with Crippen molar-refractivity contribution in [2.24, 2.45) is 0 Å². The van der Waals surface area contributed by atoms with E-state index in [9.17, 15) is 4.79 Å². The van der Waals surface area contributed by atoms with Crippen LogP contribution in [0.4, 0.5) is 22.0 Å². The summed E-state index contributed by atoms with van der Waals surface area (Å²) in [7, 11) is 1.80. The van der Waals surface area contributed by atoms with Crippen molar-refractivity contribution < 1.29 is 9.53 Å². The third kappa shape index (κ3) is 4.40. The second-order valence-corrected chi connectivity index (χ2v) is 6.87. The van der Waals surface area contributed by atoms with Gasteiger partial charge in [0.15, 0.2) is 5.82 Å². The molecule has 1 aromatic rings. The number of anilines is 3. The second kappa shape index (κ2) is 6.52. The predicted molar refractivity (Wildman–Crippen MR) is 92.9 cm³/mol. The van der Waals surface area contributed by atoms with E-state index in [0.717, 1.165) is 24.3 Å². The van der Waals surface area contributed by atoms with Crippen LogP contribution < -0.4 is 21.3 Å². The lowest BCUT2D eigenvalue weighted by molar-refractivity contribution is 0.0509. The zero-order valence-electron chi connectivity index (χ0n) is 14.6. The first-order valence-corrected chi connectivity index (χ1v) is 7.89. The lowest BCUT2D eigenvalue weighted by Gasteiger charge is -2.24. The molecule has 2 rings (SSSR count). The molecule has 1 atom stereocenters. The molecule has 1 aliphatic rings. The van der Waals surface area contributed by atoms with Crippen molar-refractivity contribution in [1.29, 1.82) is 0 Å². The van der Waals surface area contributed by atoms with Crippen molar-refractivity contribution in [3.05, 3.63) is 11.8 Å². The molecule has 0 spiro atoms. The van der Waals surface area contributed by atoms with Crippen molar-refractivity contribution in [3.8, 4) is 0 Å². The Balaban J connectivity index is 2.03. The molecule has 4 N–H and O–H groups in total. The number of amides is 1. The minimum Gasteiger partial charge on any atom is -0.444 e. The molecule has 1 saturated heterocycles. The van der Waals surface area contributed by atoms with E-state index in [1.165, 1.54) is 0 Å². The summed E-state index contributed by atoms with van der Waals surface area (Å²) in [5, 5.41) is 5.94. The molecule has 7 heteroatoms. The van der Waals surface area contributed by atoms with Gasteiger partial charge in [0.05, 0.1) is 17.4 Å². The van der Waals surface area contributed by atoms with Crippen LogP contribution in [0.5, 0.6) is 0 Å². The summed E-state index contributed by atoms with van der Waals surface area (Å²) >= 11 is 0. The first-order chi connectivity index (χ1) is 10.7. The highest BCUT2D eigenvalue weighted by Gasteiger charge is 2.27. The maximum absolute atomic E-state index is 11.9. The molecule has 0 radical (unpaired) electrons. The molecular formula is C16H27N5O2. The number of nitrogen functional groups attached to an aromatic ring is 1. The first kappa shape index (κ1) is 17.2. The smallest absolute Gasteiger partial charge is 0.407 e. The van der Waals surface area contributed by atoms with Crippen LogP contribution in [-0.2, 0) is 4.74 Å². The molecule has 0 aromatic carbocycles. The zero-order chi connectivity index (χ0) is 17.2. The highest BCUT2D eigenvalue weighted by Crippen LogP contribution is 2.32. The Bertz CT molecular complexity index is 583. The molecule has 1 amide bonds. The number of hydrogen-bond acceptors (Lipinski definition) is 6. The fourth-order valence-electron chi connectivity index (χ4n) is 2.69. The summed E-state index contributed by atoms with van der Waals surface area (Å²) in [6.45, 7) is 9.04. The first-order valence-electron chi connectivity index (χ1n) is 7.89. The van der Waals surface area contributed by atoms with Crippen molar-refractivity contribution in [1.82, 2.24) is 10.3 Å². The van der Waals surface area contributed by atoms with E-state index in [0.29, 0.717) is 18.1 Å². The Kier molecular flexibility index (Phi) is 4.87. The highest BCUT2D eigenvalue weighted by molar-refractivity contribution is 5.79. The van der Waals surface area contributed by atoms with Gasteiger partial charge in [0, 0.05) is 25.8 Å². The Hall–Kier alpha value is -2.18. The number of carbonyl (C=O) groups excluding carboxylic acids is 1. The van der Waals surface area contributed by atoms with Gasteiger partial charge >= 0.3 is 6.09 Å². The van der Waals surface area contributed by atoms with Gasteiger partial charge in [-0.2, -0.15) is 0 Å². The SMILES string of the molecule is CNc1nc(C)cc(N2CC[C@@H](NC(=O)OC(C)(C)C)C2)c1N. The van der Waals surface area contributed by atoms with Gasteiger partial charge in [0.2, 0.25) is 0 Å². The van der Waals surface area contributed by atoms with Crippen molar-refractivity contribution in [2.75, 3.05) is 36.1 Å². The number of alkyl carbamates (subject to hydrolysis) is 1. The van der Waals surface area contributed by atoms with Crippen LogP contribution in [0.15, 0.2) is 6.07 Å². The Morgan fingerprint density at radius 3 is 2.78 bits per heavy atom. The van der Waals surface area contributed by atoms with Gasteiger partial charge in [0.1, 0.15) is 5.60 Å². The van der Waals surface area contributed by atoms with Crippen LogP contribution in [0.3, 0.4) is 0 Å². The van der Waals surface area contributed by atoms with E-state index in [-0.39, 0.29) is 12.1 Å². The lowest BCUT2D eigenvalue weighted by Crippen LogP contribution is -2.40. The van der Waals surface area contributed by atoms with E-state index in [1.54, 1.807) is 7.05 Å². The molecule has 0 saturated carbocycles. The van der Waals surface area contributed by atoms with Crippen molar-refractivity contribution >= 4 is 23.3 Å². The van der Waals surface area contributed by atoms with E-state index < -0.39 is 5.60 Å². The summed E-state index contributed by atoms with van der Waals surface area (Å²) in [6, 6.07) is 2.03. The van der Waals surface area contributed by atoms with Gasteiger partial charge in [-0.1, -0.05) is 0 Å². The zero-order valence-corrected chi connectivity index (χ0v) is 14.6. The maximum atomic E-state index is 11.9. The monoisotopic (exact) mass is 321 g/mol. The summed E-state index contributed by atoms with van der Waals surface area (Å²) in [6.07, 6.45) is 0.480. The van der Waals surface area contributed by atoms with Crippen LogP contribution in [0, 0.1) is 6.92 Å². The average Bonchev–Trinajstić information content (AvgIpc) is 2.86. The topological polar surface area (TPSA) is 92.5 Å². The largest absolute Gasteiger partial charge is 0.444 e. The number of ether oxygens (including phenoxy) is 1. The molecule has 1 aliphatic heterocycles. The molecule has 2 heterocycles. The van der Waals surface area contributed by atoms with E-state index >= 15 is 0 Å². The molecule has 128 valence electrons. The van der Waals surface area contributed by atoms with Crippen molar-refractivity contribution in [2.45, 2.75) is 45.8 Å². The normalized spacial score (nSPS) is 18.0. The molecule has 0 aliphatic carbocycles. The molecule has 7 nitrogen and oxygen atoms in total. The molecule has 1 aromatic heterocycles. The number of aryl methyl sites for hydroxylation is 1. The summed E-state index contributed by atoms with van der Waals surface area (Å²) < 4.78 is 5.31. The number of nitrogens with zero attached hydrogens (tertiary/aromatic N) is 2. The number of hydrogen-bond donors (Lipinski definition) is 3. The minimum atomic E-state index is -0.489. The molecule has 23 heavy (non-hydrogen) atoms. The number of pyridine rings is 1. The van der Waals surface area contributed by atoms with Crippen molar-refractivity contribution in [3.63, 3.8) is 0 Å². The number of rotatable bonds is 3. The molecule has 0 unspecified atom stereocenters. The fourth-order valence-corrected chi connectivity index (χ4v) is 2.69. The standard InChI is InChI=1S/C16H27N5O2/c1-10-8-12(13(17)14(18-5)19-10)21-7-6-11(9-21)20-15(22)23-16(2,3)4/h8,11H,6-7,9,17H2,1-5H3,(H,18,19)(H,20,22)/t11-/m1/s1. The average molecular weight is 321 g/mol. The quantitative estimate of drug-likeness (QED) is 0.790. The van der Waals surface area contributed by atoms with Gasteiger partial charge in [-0.05, 0) is 40.2 Å². The third-order valence-electron chi connectivity index (χ3n) is 3.65. The summed E-state index contributed by atoms with van der Waals surface area (Å²) in [5.74, 6) is 0.684. The number of nitrogens with two attached hydrogens (primary N) is 1. The number of carbonyl (C=O) groups is 1. The Morgan fingerprint density at radius 2 is 2.17 bits per heavy atom. The van der Waals surface area contributed by atoms with Crippen LogP contribution in [0.1, 0.15) is 32.9 Å². The summed E-state index contributed by atoms with van der Waals surface area (Å²) in [4.78, 5) is 18.4. The van der Waals surface area contributed by atoms with Crippen LogP contribution in [-0.4, -0.2) is 42.9 Å². The van der Waals surface area contributed by atoms with E-state index in [1.807, 2.05) is 33.8 Å². The highest BCUT2D eigenvalue weighted by atomic mass is 16.6. The van der Waals surface area contributed by atoms with Gasteiger partial charge in [-0.3, -0.25) is 0 Å². The molecule has 1 fully saturated rings. The van der Waals surface area contributed by atoms with Crippen LogP contribution in [0.2, 0.25) is 0 Å². The summed E-state index contributed by atoms with van der Waals surface area (Å²) in [5.41, 5.74) is 8.20. The van der Waals surface area contributed by atoms with Gasteiger partial charge in [0.25, 0.3) is 0 Å². The molecule has 0 bridgehead atoms. The number of aromatic nitrogens is 1. The van der Waals surface area contributed by atoms with E-state index in [2.05, 4.69) is 20.5 Å². The minimum absolute atomic E-state index is 0.0516.